The molecule has 1 aromatic heterocycles. The minimum atomic E-state index is -0.328. The molecule has 0 spiro atoms. The third-order valence-electron chi connectivity index (χ3n) is 4.04. The number of hydrogen-bond donors (Lipinski definition) is 0. The highest BCUT2D eigenvalue weighted by atomic mass is 16.2. The average Bonchev–Trinajstić information content (AvgIpc) is 2.91. The molecule has 0 radical (unpaired) electrons. The van der Waals surface area contributed by atoms with Crippen molar-refractivity contribution in [3.63, 3.8) is 0 Å². The SMILES string of the molecule is CC(=O)c1c(C)nn(C(=O)N(c2ccccc2)c2ccccc2)c1C. The van der Waals surface area contributed by atoms with Crippen molar-refractivity contribution in [1.29, 1.82) is 0 Å². The third-order valence-corrected chi connectivity index (χ3v) is 4.04. The molecular formula is C20H19N3O2. The summed E-state index contributed by atoms with van der Waals surface area (Å²) in [5, 5.41) is 4.31. The Bertz CT molecular complexity index is 875. The number of rotatable bonds is 3. The zero-order valence-electron chi connectivity index (χ0n) is 14.4. The predicted molar refractivity (Wildman–Crippen MR) is 97.5 cm³/mol. The number of aryl methyl sites for hydroxylation is 1. The second-order valence-electron chi connectivity index (χ2n) is 5.80. The van der Waals surface area contributed by atoms with Gasteiger partial charge in [-0.3, -0.25) is 9.69 Å². The van der Waals surface area contributed by atoms with Crippen LogP contribution in [0.5, 0.6) is 0 Å². The number of para-hydroxylation sites is 2. The summed E-state index contributed by atoms with van der Waals surface area (Å²) in [4.78, 5) is 26.7. The molecule has 0 bridgehead atoms. The maximum atomic E-state index is 13.3. The maximum absolute atomic E-state index is 13.3. The zero-order valence-corrected chi connectivity index (χ0v) is 14.4. The number of nitrogens with zero attached hydrogens (tertiary/aromatic N) is 3. The summed E-state index contributed by atoms with van der Waals surface area (Å²) in [6.07, 6.45) is 0. The molecule has 0 saturated carbocycles. The van der Waals surface area contributed by atoms with Gasteiger partial charge in [-0.05, 0) is 45.0 Å². The summed E-state index contributed by atoms with van der Waals surface area (Å²) >= 11 is 0. The fourth-order valence-corrected chi connectivity index (χ4v) is 2.96. The molecule has 0 atom stereocenters. The van der Waals surface area contributed by atoms with Gasteiger partial charge in [0.2, 0.25) is 0 Å². The number of ketones is 1. The molecule has 1 heterocycles. The summed E-state index contributed by atoms with van der Waals surface area (Å²) in [6.45, 7) is 4.96. The molecule has 126 valence electrons. The number of carbonyl (C=O) groups excluding carboxylic acids is 2. The molecule has 0 aliphatic rings. The van der Waals surface area contributed by atoms with Crippen LogP contribution in [0.1, 0.15) is 28.7 Å². The maximum Gasteiger partial charge on any atom is 0.354 e. The number of carbonyl (C=O) groups is 2. The van der Waals surface area contributed by atoms with Crippen LogP contribution in [0.4, 0.5) is 16.2 Å². The first-order valence-corrected chi connectivity index (χ1v) is 8.02. The Kier molecular flexibility index (Phi) is 4.48. The van der Waals surface area contributed by atoms with Crippen molar-refractivity contribution in [2.45, 2.75) is 20.8 Å². The van der Waals surface area contributed by atoms with Gasteiger partial charge < -0.3 is 0 Å². The number of amides is 1. The van der Waals surface area contributed by atoms with E-state index in [1.807, 2.05) is 60.7 Å². The van der Waals surface area contributed by atoms with E-state index in [1.54, 1.807) is 18.7 Å². The second kappa shape index (κ2) is 6.73. The van der Waals surface area contributed by atoms with Gasteiger partial charge in [-0.15, -0.1) is 0 Å². The van der Waals surface area contributed by atoms with Gasteiger partial charge in [-0.2, -0.15) is 9.78 Å². The van der Waals surface area contributed by atoms with E-state index in [9.17, 15) is 9.59 Å². The molecule has 5 nitrogen and oxygen atoms in total. The molecule has 0 aliphatic heterocycles. The molecular weight excluding hydrogens is 314 g/mol. The fraction of sp³-hybridized carbons (Fsp3) is 0.150. The smallest absolute Gasteiger partial charge is 0.294 e. The minimum Gasteiger partial charge on any atom is -0.294 e. The molecule has 1 amide bonds. The van der Waals surface area contributed by atoms with Gasteiger partial charge in [0, 0.05) is 0 Å². The van der Waals surface area contributed by atoms with E-state index in [1.165, 1.54) is 11.6 Å². The first kappa shape index (κ1) is 16.6. The summed E-state index contributed by atoms with van der Waals surface area (Å²) in [7, 11) is 0. The zero-order chi connectivity index (χ0) is 18.0. The van der Waals surface area contributed by atoms with E-state index in [-0.39, 0.29) is 11.8 Å². The van der Waals surface area contributed by atoms with Gasteiger partial charge in [0.1, 0.15) is 0 Å². The largest absolute Gasteiger partial charge is 0.354 e. The van der Waals surface area contributed by atoms with Crippen LogP contribution in [0.3, 0.4) is 0 Å². The van der Waals surface area contributed by atoms with Crippen LogP contribution in [0.25, 0.3) is 0 Å². The van der Waals surface area contributed by atoms with Gasteiger partial charge in [0.15, 0.2) is 5.78 Å². The van der Waals surface area contributed by atoms with Crippen molar-refractivity contribution in [2.75, 3.05) is 4.90 Å². The standard InChI is InChI=1S/C20H19N3O2/c1-14-19(16(3)24)15(2)23(21-14)20(25)22(17-10-6-4-7-11-17)18-12-8-5-9-13-18/h4-13H,1-3H3. The van der Waals surface area contributed by atoms with Crippen LogP contribution >= 0.6 is 0 Å². The van der Waals surface area contributed by atoms with Crippen LogP contribution in [0.2, 0.25) is 0 Å². The van der Waals surface area contributed by atoms with Gasteiger partial charge in [-0.1, -0.05) is 36.4 Å². The Balaban J connectivity index is 2.13. The third kappa shape index (κ3) is 3.08. The first-order valence-electron chi connectivity index (χ1n) is 8.02. The summed E-state index contributed by atoms with van der Waals surface area (Å²) < 4.78 is 1.30. The quantitative estimate of drug-likeness (QED) is 0.663. The Morgan fingerprint density at radius 1 is 0.880 bits per heavy atom. The van der Waals surface area contributed by atoms with E-state index in [2.05, 4.69) is 5.10 Å². The molecule has 0 N–H and O–H groups in total. The summed E-state index contributed by atoms with van der Waals surface area (Å²) in [6, 6.07) is 18.4. The molecule has 0 fully saturated rings. The van der Waals surface area contributed by atoms with E-state index in [4.69, 9.17) is 0 Å². The topological polar surface area (TPSA) is 55.2 Å². The lowest BCUT2D eigenvalue weighted by Crippen LogP contribution is -2.32. The highest BCUT2D eigenvalue weighted by Crippen LogP contribution is 2.27. The number of Topliss-reactive ketones (excluding diaryl/α,β-unsaturated/α-hetero) is 1. The lowest BCUT2D eigenvalue weighted by Gasteiger charge is -2.23. The van der Waals surface area contributed by atoms with Crippen molar-refractivity contribution in [1.82, 2.24) is 9.78 Å². The minimum absolute atomic E-state index is 0.0972. The van der Waals surface area contributed by atoms with Gasteiger partial charge in [-0.25, -0.2) is 4.79 Å². The molecule has 5 heteroatoms. The van der Waals surface area contributed by atoms with Crippen molar-refractivity contribution in [3.8, 4) is 0 Å². The molecule has 0 aliphatic carbocycles. The lowest BCUT2D eigenvalue weighted by atomic mass is 10.1. The average molecular weight is 333 g/mol. The Labute approximate surface area is 146 Å². The number of aromatic nitrogens is 2. The number of benzene rings is 2. The lowest BCUT2D eigenvalue weighted by molar-refractivity contribution is 0.101. The summed E-state index contributed by atoms with van der Waals surface area (Å²) in [5.74, 6) is -0.0972. The van der Waals surface area contributed by atoms with Crippen molar-refractivity contribution in [2.24, 2.45) is 0 Å². The van der Waals surface area contributed by atoms with Gasteiger partial charge >= 0.3 is 6.03 Å². The second-order valence-corrected chi connectivity index (χ2v) is 5.80. The fourth-order valence-electron chi connectivity index (χ4n) is 2.96. The Hall–Kier alpha value is -3.21. The molecule has 3 rings (SSSR count). The monoisotopic (exact) mass is 333 g/mol. The Morgan fingerprint density at radius 3 is 1.76 bits per heavy atom. The highest BCUT2D eigenvalue weighted by Gasteiger charge is 2.25. The van der Waals surface area contributed by atoms with E-state index >= 15 is 0 Å². The Morgan fingerprint density at radius 2 is 1.36 bits per heavy atom. The van der Waals surface area contributed by atoms with E-state index in [0.29, 0.717) is 17.0 Å². The van der Waals surface area contributed by atoms with Crippen LogP contribution in [-0.2, 0) is 0 Å². The van der Waals surface area contributed by atoms with Crippen LogP contribution < -0.4 is 4.90 Å². The van der Waals surface area contributed by atoms with Crippen LogP contribution in [0.15, 0.2) is 60.7 Å². The van der Waals surface area contributed by atoms with Gasteiger partial charge in [0.25, 0.3) is 0 Å². The number of hydrogen-bond acceptors (Lipinski definition) is 3. The molecule has 25 heavy (non-hydrogen) atoms. The predicted octanol–water partition coefficient (Wildman–Crippen LogP) is 4.51. The van der Waals surface area contributed by atoms with Crippen LogP contribution in [0, 0.1) is 13.8 Å². The molecule has 3 aromatic rings. The van der Waals surface area contributed by atoms with Crippen molar-refractivity contribution >= 4 is 23.2 Å². The highest BCUT2D eigenvalue weighted by molar-refractivity contribution is 6.02. The van der Waals surface area contributed by atoms with E-state index < -0.39 is 0 Å². The first-order chi connectivity index (χ1) is 12.0. The summed E-state index contributed by atoms with van der Waals surface area (Å²) in [5.41, 5.74) is 3.06. The van der Waals surface area contributed by atoms with Gasteiger partial charge in [0.05, 0.1) is 28.3 Å². The molecule has 2 aromatic carbocycles. The van der Waals surface area contributed by atoms with Crippen molar-refractivity contribution < 1.29 is 9.59 Å². The van der Waals surface area contributed by atoms with Crippen LogP contribution in [-0.4, -0.2) is 21.6 Å². The number of anilines is 2. The van der Waals surface area contributed by atoms with Crippen molar-refractivity contribution in [3.05, 3.63) is 77.6 Å². The normalized spacial score (nSPS) is 10.5. The molecule has 0 saturated heterocycles. The molecule has 0 unspecified atom stereocenters. The van der Waals surface area contributed by atoms with E-state index in [0.717, 1.165) is 11.4 Å².